The van der Waals surface area contributed by atoms with Crippen molar-refractivity contribution in [2.45, 2.75) is 37.9 Å². The van der Waals surface area contributed by atoms with E-state index in [0.29, 0.717) is 6.04 Å². The lowest BCUT2D eigenvalue weighted by atomic mass is 10.0. The standard InChI is InChI=1S/C13H21ClN2OS/c1-9(15)13(11-3-4-12(14)18-11)16(2)10-5-7-17-8-6-10/h3-4,9-10,13H,5-8,15H2,1-2H3. The summed E-state index contributed by atoms with van der Waals surface area (Å²) in [5.74, 6) is 0. The SMILES string of the molecule is CC(N)C(c1ccc(Cl)s1)N(C)C1CCOCC1. The largest absolute Gasteiger partial charge is 0.381 e. The van der Waals surface area contributed by atoms with Crippen molar-refractivity contribution >= 4 is 22.9 Å². The Morgan fingerprint density at radius 2 is 2.11 bits per heavy atom. The van der Waals surface area contributed by atoms with Crippen LogP contribution in [0.4, 0.5) is 0 Å². The van der Waals surface area contributed by atoms with Crippen LogP contribution in [0.3, 0.4) is 0 Å². The Bertz CT molecular complexity index is 377. The third kappa shape index (κ3) is 3.25. The molecule has 2 heterocycles. The first-order chi connectivity index (χ1) is 8.59. The van der Waals surface area contributed by atoms with Crippen LogP contribution in [0.15, 0.2) is 12.1 Å². The molecule has 0 aliphatic carbocycles. The highest BCUT2D eigenvalue weighted by molar-refractivity contribution is 7.16. The van der Waals surface area contributed by atoms with Gasteiger partial charge in [-0.2, -0.15) is 0 Å². The molecule has 1 fully saturated rings. The Morgan fingerprint density at radius 3 is 2.61 bits per heavy atom. The number of thiophene rings is 1. The van der Waals surface area contributed by atoms with E-state index in [1.165, 1.54) is 4.88 Å². The fraction of sp³-hybridized carbons (Fsp3) is 0.692. The Morgan fingerprint density at radius 1 is 1.44 bits per heavy atom. The third-order valence-corrected chi connectivity index (χ3v) is 4.89. The molecule has 2 unspecified atom stereocenters. The van der Waals surface area contributed by atoms with E-state index in [-0.39, 0.29) is 12.1 Å². The van der Waals surface area contributed by atoms with E-state index >= 15 is 0 Å². The molecule has 1 saturated heterocycles. The molecule has 1 aliphatic heterocycles. The van der Waals surface area contributed by atoms with Crippen LogP contribution in [0.25, 0.3) is 0 Å². The maximum absolute atomic E-state index is 6.18. The van der Waals surface area contributed by atoms with Gasteiger partial charge in [-0.1, -0.05) is 11.6 Å². The average molecular weight is 289 g/mol. The predicted molar refractivity (Wildman–Crippen MR) is 77.3 cm³/mol. The lowest BCUT2D eigenvalue weighted by molar-refractivity contribution is 0.0252. The number of nitrogens with zero attached hydrogens (tertiary/aromatic N) is 1. The van der Waals surface area contributed by atoms with Crippen LogP contribution in [0.1, 0.15) is 30.7 Å². The molecule has 0 bridgehead atoms. The highest BCUT2D eigenvalue weighted by atomic mass is 35.5. The molecule has 2 rings (SSSR count). The van der Waals surface area contributed by atoms with Crippen LogP contribution in [0.2, 0.25) is 4.34 Å². The minimum Gasteiger partial charge on any atom is -0.381 e. The van der Waals surface area contributed by atoms with Crippen LogP contribution >= 0.6 is 22.9 Å². The normalized spacial score (nSPS) is 21.2. The summed E-state index contributed by atoms with van der Waals surface area (Å²) in [6.07, 6.45) is 2.16. The minimum atomic E-state index is 0.0903. The summed E-state index contributed by atoms with van der Waals surface area (Å²) >= 11 is 7.67. The van der Waals surface area contributed by atoms with E-state index in [2.05, 4.69) is 24.9 Å². The molecule has 0 spiro atoms. The monoisotopic (exact) mass is 288 g/mol. The zero-order valence-corrected chi connectivity index (χ0v) is 12.5. The number of nitrogens with two attached hydrogens (primary N) is 1. The number of ether oxygens (including phenoxy) is 1. The quantitative estimate of drug-likeness (QED) is 0.926. The van der Waals surface area contributed by atoms with Crippen molar-refractivity contribution in [1.82, 2.24) is 4.90 Å². The van der Waals surface area contributed by atoms with Gasteiger partial charge >= 0.3 is 0 Å². The second-order valence-electron chi connectivity index (χ2n) is 4.95. The van der Waals surface area contributed by atoms with Crippen LogP contribution in [-0.4, -0.2) is 37.2 Å². The average Bonchev–Trinajstić information content (AvgIpc) is 2.76. The predicted octanol–water partition coefficient (Wildman–Crippen LogP) is 2.90. The van der Waals surface area contributed by atoms with Gasteiger partial charge < -0.3 is 10.5 Å². The molecule has 3 nitrogen and oxygen atoms in total. The molecule has 1 aliphatic rings. The van der Waals surface area contributed by atoms with Crippen molar-refractivity contribution in [3.63, 3.8) is 0 Å². The Labute approximate surface area is 118 Å². The topological polar surface area (TPSA) is 38.5 Å². The van der Waals surface area contributed by atoms with Crippen LogP contribution in [0, 0.1) is 0 Å². The van der Waals surface area contributed by atoms with E-state index in [1.807, 2.05) is 6.07 Å². The van der Waals surface area contributed by atoms with Gasteiger partial charge in [-0.3, -0.25) is 4.90 Å². The molecule has 2 N–H and O–H groups in total. The minimum absolute atomic E-state index is 0.0903. The number of halogens is 1. The molecule has 5 heteroatoms. The zero-order valence-electron chi connectivity index (χ0n) is 10.9. The third-order valence-electron chi connectivity index (χ3n) is 3.59. The van der Waals surface area contributed by atoms with Crippen LogP contribution < -0.4 is 5.73 Å². The lowest BCUT2D eigenvalue weighted by Crippen LogP contribution is -2.44. The maximum Gasteiger partial charge on any atom is 0.0931 e. The highest BCUT2D eigenvalue weighted by Gasteiger charge is 2.29. The molecule has 2 atom stereocenters. The Balaban J connectivity index is 2.13. The molecule has 0 aromatic carbocycles. The Kier molecular flexibility index (Phi) is 5.04. The summed E-state index contributed by atoms with van der Waals surface area (Å²) in [6, 6.07) is 4.93. The van der Waals surface area contributed by atoms with E-state index in [4.69, 9.17) is 22.1 Å². The lowest BCUT2D eigenvalue weighted by Gasteiger charge is -2.38. The summed E-state index contributed by atoms with van der Waals surface area (Å²) < 4.78 is 6.25. The summed E-state index contributed by atoms with van der Waals surface area (Å²) in [5, 5.41) is 0. The summed E-state index contributed by atoms with van der Waals surface area (Å²) in [6.45, 7) is 3.77. The van der Waals surface area contributed by atoms with Crippen molar-refractivity contribution < 1.29 is 4.74 Å². The van der Waals surface area contributed by atoms with Crippen molar-refractivity contribution in [3.8, 4) is 0 Å². The second-order valence-corrected chi connectivity index (χ2v) is 6.70. The molecular formula is C13H21ClN2OS. The first kappa shape index (κ1) is 14.3. The first-order valence-electron chi connectivity index (χ1n) is 6.40. The smallest absolute Gasteiger partial charge is 0.0931 e. The molecule has 1 aromatic rings. The molecule has 18 heavy (non-hydrogen) atoms. The van der Waals surface area contributed by atoms with Gasteiger partial charge in [-0.05, 0) is 38.9 Å². The maximum atomic E-state index is 6.18. The summed E-state index contributed by atoms with van der Waals surface area (Å²) in [7, 11) is 2.16. The van der Waals surface area contributed by atoms with Gasteiger partial charge in [-0.25, -0.2) is 0 Å². The van der Waals surface area contributed by atoms with Gasteiger partial charge in [0.2, 0.25) is 0 Å². The van der Waals surface area contributed by atoms with E-state index in [9.17, 15) is 0 Å². The highest BCUT2D eigenvalue weighted by Crippen LogP contribution is 2.33. The van der Waals surface area contributed by atoms with Gasteiger partial charge in [0.1, 0.15) is 0 Å². The summed E-state index contributed by atoms with van der Waals surface area (Å²) in [5.41, 5.74) is 6.18. The molecule has 102 valence electrons. The number of hydrogen-bond acceptors (Lipinski definition) is 4. The van der Waals surface area contributed by atoms with E-state index in [0.717, 1.165) is 30.4 Å². The zero-order chi connectivity index (χ0) is 13.1. The van der Waals surface area contributed by atoms with Crippen molar-refractivity contribution in [2.75, 3.05) is 20.3 Å². The van der Waals surface area contributed by atoms with E-state index in [1.54, 1.807) is 11.3 Å². The van der Waals surface area contributed by atoms with Crippen molar-refractivity contribution in [3.05, 3.63) is 21.3 Å². The number of likely N-dealkylation sites (N-methyl/N-ethyl adjacent to an activating group) is 1. The molecule has 0 radical (unpaired) electrons. The fourth-order valence-corrected chi connectivity index (χ4v) is 3.97. The first-order valence-corrected chi connectivity index (χ1v) is 7.59. The molecule has 0 saturated carbocycles. The van der Waals surface area contributed by atoms with Gasteiger partial charge in [0, 0.05) is 30.2 Å². The van der Waals surface area contributed by atoms with Crippen molar-refractivity contribution in [2.24, 2.45) is 5.73 Å². The Hall–Kier alpha value is -0.130. The second kappa shape index (κ2) is 6.35. The van der Waals surface area contributed by atoms with Gasteiger partial charge in [-0.15, -0.1) is 11.3 Å². The molecular weight excluding hydrogens is 268 g/mol. The van der Waals surface area contributed by atoms with E-state index < -0.39 is 0 Å². The van der Waals surface area contributed by atoms with Crippen molar-refractivity contribution in [1.29, 1.82) is 0 Å². The molecule has 1 aromatic heterocycles. The van der Waals surface area contributed by atoms with Crippen LogP contribution in [0.5, 0.6) is 0 Å². The van der Waals surface area contributed by atoms with Gasteiger partial charge in [0.05, 0.1) is 10.4 Å². The van der Waals surface area contributed by atoms with Gasteiger partial charge in [0.15, 0.2) is 0 Å². The summed E-state index contributed by atoms with van der Waals surface area (Å²) in [4.78, 5) is 3.65. The number of hydrogen-bond donors (Lipinski definition) is 1. The van der Waals surface area contributed by atoms with Gasteiger partial charge in [0.25, 0.3) is 0 Å². The fourth-order valence-electron chi connectivity index (χ4n) is 2.64. The van der Waals surface area contributed by atoms with Crippen LogP contribution in [-0.2, 0) is 4.74 Å². The molecule has 0 amide bonds. The number of rotatable bonds is 4.